The Hall–Kier alpha value is -2.45. The predicted molar refractivity (Wildman–Crippen MR) is 112 cm³/mol. The minimum absolute atomic E-state index is 0.127. The molecule has 1 atom stereocenters. The van der Waals surface area contributed by atoms with Gasteiger partial charge in [0.15, 0.2) is 0 Å². The van der Waals surface area contributed by atoms with Crippen LogP contribution < -0.4 is 15.1 Å². The van der Waals surface area contributed by atoms with Crippen LogP contribution >= 0.6 is 27.7 Å². The number of rotatable bonds is 3. The van der Waals surface area contributed by atoms with Crippen molar-refractivity contribution in [3.63, 3.8) is 0 Å². The van der Waals surface area contributed by atoms with E-state index in [1.54, 1.807) is 9.58 Å². The molecule has 28 heavy (non-hydrogen) atoms. The van der Waals surface area contributed by atoms with E-state index in [9.17, 15) is 9.59 Å². The Labute approximate surface area is 174 Å². The van der Waals surface area contributed by atoms with Gasteiger partial charge >= 0.3 is 11.3 Å². The van der Waals surface area contributed by atoms with Crippen molar-refractivity contribution in [2.24, 2.45) is 0 Å². The predicted octanol–water partition coefficient (Wildman–Crippen LogP) is 3.51. The molecule has 0 fully saturated rings. The molecule has 1 aliphatic rings. The van der Waals surface area contributed by atoms with E-state index in [2.05, 4.69) is 20.9 Å². The van der Waals surface area contributed by atoms with Crippen molar-refractivity contribution in [1.29, 1.82) is 0 Å². The van der Waals surface area contributed by atoms with E-state index in [-0.39, 0.29) is 11.5 Å². The van der Waals surface area contributed by atoms with Gasteiger partial charge in [-0.1, -0.05) is 58.9 Å². The van der Waals surface area contributed by atoms with E-state index < -0.39 is 6.17 Å². The van der Waals surface area contributed by atoms with Gasteiger partial charge in [-0.05, 0) is 34.7 Å². The number of halogens is 1. The van der Waals surface area contributed by atoms with Crippen LogP contribution in [0.15, 0.2) is 63.0 Å². The molecule has 0 radical (unpaired) electrons. The van der Waals surface area contributed by atoms with Gasteiger partial charge in [0, 0.05) is 16.5 Å². The van der Waals surface area contributed by atoms with Crippen LogP contribution in [0.4, 0.5) is 5.69 Å². The molecule has 1 aromatic heterocycles. The van der Waals surface area contributed by atoms with Gasteiger partial charge in [0.2, 0.25) is 11.1 Å². The molecule has 1 N–H and O–H groups in total. The number of thioether (sulfide) groups is 1. The number of amides is 1. The number of para-hydroxylation sites is 1. The van der Waals surface area contributed by atoms with E-state index in [4.69, 9.17) is 5.10 Å². The molecule has 3 aromatic rings. The third-order valence-electron chi connectivity index (χ3n) is 4.56. The Morgan fingerprint density at radius 2 is 1.96 bits per heavy atom. The second-order valence-electron chi connectivity index (χ2n) is 6.29. The summed E-state index contributed by atoms with van der Waals surface area (Å²) in [5.74, 6) is 0.646. The Bertz CT molecular complexity index is 1130. The first-order valence-electron chi connectivity index (χ1n) is 8.85. The lowest BCUT2D eigenvalue weighted by atomic mass is 10.0. The number of hydrogen-bond donors (Lipinski definition) is 1. The Balaban J connectivity index is 2.09. The minimum Gasteiger partial charge on any atom is -0.291 e. The molecule has 8 heteroatoms. The molecule has 1 aliphatic heterocycles. The molecule has 0 unspecified atom stereocenters. The fourth-order valence-corrected chi connectivity index (χ4v) is 4.55. The average Bonchev–Trinajstić information content (AvgIpc) is 2.67. The summed E-state index contributed by atoms with van der Waals surface area (Å²) >= 11 is 5.05. The van der Waals surface area contributed by atoms with E-state index in [0.717, 1.165) is 15.8 Å². The number of nitrogens with one attached hydrogen (secondary N) is 1. The van der Waals surface area contributed by atoms with Gasteiger partial charge in [0.25, 0.3) is 6.17 Å². The molecule has 0 aliphatic carbocycles. The summed E-state index contributed by atoms with van der Waals surface area (Å²) < 4.78 is 2.51. The lowest BCUT2D eigenvalue weighted by Crippen LogP contribution is -2.60. The molecular weight excluding hydrogens is 440 g/mol. The van der Waals surface area contributed by atoms with Crippen LogP contribution in [-0.4, -0.2) is 21.7 Å². The highest BCUT2D eigenvalue weighted by molar-refractivity contribution is 9.10. The Morgan fingerprint density at radius 3 is 2.68 bits per heavy atom. The third kappa shape index (κ3) is 3.06. The zero-order valence-corrected chi connectivity index (χ0v) is 17.8. The van der Waals surface area contributed by atoms with Crippen molar-refractivity contribution in [3.8, 4) is 11.3 Å². The summed E-state index contributed by atoms with van der Waals surface area (Å²) in [7, 11) is 0. The number of benzene rings is 2. The van der Waals surface area contributed by atoms with Gasteiger partial charge in [-0.2, -0.15) is 0 Å². The van der Waals surface area contributed by atoms with Crippen molar-refractivity contribution >= 4 is 39.3 Å². The van der Waals surface area contributed by atoms with Gasteiger partial charge in [-0.25, -0.2) is 4.90 Å². The normalized spacial score (nSPS) is 15.1. The smallest absolute Gasteiger partial charge is 0.291 e. The molecule has 2 aromatic carbocycles. The molecule has 0 saturated heterocycles. The SMILES string of the molecule is CCSc1n[n+]2c(c(=O)[nH]1)-c1ccccc1N(C(C)=O)[C@@H]2c1ccccc1Br. The van der Waals surface area contributed by atoms with Crippen LogP contribution in [0, 0.1) is 0 Å². The van der Waals surface area contributed by atoms with Crippen molar-refractivity contribution in [2.75, 3.05) is 10.7 Å². The van der Waals surface area contributed by atoms with Gasteiger partial charge in [-0.15, -0.1) is 0 Å². The molecule has 142 valence electrons. The topological polar surface area (TPSA) is 69.9 Å². The van der Waals surface area contributed by atoms with E-state index >= 15 is 0 Å². The highest BCUT2D eigenvalue weighted by Crippen LogP contribution is 2.38. The maximum atomic E-state index is 13.0. The third-order valence-corrected chi connectivity index (χ3v) is 6.03. The second-order valence-corrected chi connectivity index (χ2v) is 8.39. The summed E-state index contributed by atoms with van der Waals surface area (Å²) in [4.78, 5) is 30.3. The zero-order chi connectivity index (χ0) is 19.8. The number of aromatic amines is 1. The first-order valence-corrected chi connectivity index (χ1v) is 10.6. The lowest BCUT2D eigenvalue weighted by molar-refractivity contribution is -0.763. The monoisotopic (exact) mass is 457 g/mol. The van der Waals surface area contributed by atoms with Crippen molar-refractivity contribution < 1.29 is 9.48 Å². The summed E-state index contributed by atoms with van der Waals surface area (Å²) in [6.07, 6.45) is -0.573. The number of carbonyl (C=O) groups excluding carboxylic acids is 1. The molecular formula is C20H18BrN4O2S+. The molecule has 0 bridgehead atoms. The maximum absolute atomic E-state index is 13.0. The highest BCUT2D eigenvalue weighted by atomic mass is 79.9. The van der Waals surface area contributed by atoms with Crippen LogP contribution in [-0.2, 0) is 4.79 Å². The van der Waals surface area contributed by atoms with Crippen LogP contribution in [0.25, 0.3) is 11.3 Å². The number of anilines is 1. The van der Waals surface area contributed by atoms with Crippen LogP contribution in [0.3, 0.4) is 0 Å². The number of fused-ring (bicyclic) bond motifs is 3. The number of nitrogens with zero attached hydrogens (tertiary/aromatic N) is 3. The van der Waals surface area contributed by atoms with Crippen LogP contribution in [0.2, 0.25) is 0 Å². The van der Waals surface area contributed by atoms with Crippen molar-refractivity contribution in [3.05, 3.63) is 68.9 Å². The fraction of sp³-hybridized carbons (Fsp3) is 0.200. The number of hydrogen-bond acceptors (Lipinski definition) is 4. The van der Waals surface area contributed by atoms with Crippen molar-refractivity contribution in [2.45, 2.75) is 25.2 Å². The van der Waals surface area contributed by atoms with Crippen LogP contribution in [0.5, 0.6) is 0 Å². The average molecular weight is 458 g/mol. The van der Waals surface area contributed by atoms with E-state index in [1.165, 1.54) is 18.7 Å². The summed E-state index contributed by atoms with van der Waals surface area (Å²) in [5.41, 5.74) is 2.44. The molecule has 4 rings (SSSR count). The molecule has 2 heterocycles. The quantitative estimate of drug-likeness (QED) is 0.482. The standard InChI is InChI=1S/C20H17BrN4O2S/c1-3-28-20-22-18(27)17-14-9-5-7-11-16(14)24(12(2)26)19(25(17)23-20)13-8-4-6-10-15(13)21/h4-11,19H,3H2,1-2H3/p+1/t19-/m0/s1. The molecule has 6 nitrogen and oxygen atoms in total. The van der Waals surface area contributed by atoms with Gasteiger partial charge in [0.05, 0.1) is 16.8 Å². The summed E-state index contributed by atoms with van der Waals surface area (Å²) in [5, 5.41) is 5.23. The largest absolute Gasteiger partial charge is 0.325 e. The lowest BCUT2D eigenvalue weighted by Gasteiger charge is -2.31. The second kappa shape index (κ2) is 7.52. The van der Waals surface area contributed by atoms with Gasteiger partial charge in [-0.3, -0.25) is 14.6 Å². The zero-order valence-electron chi connectivity index (χ0n) is 15.3. The van der Waals surface area contributed by atoms with Gasteiger partial charge < -0.3 is 0 Å². The fourth-order valence-electron chi connectivity index (χ4n) is 3.48. The molecule has 0 spiro atoms. The minimum atomic E-state index is -0.573. The van der Waals surface area contributed by atoms with E-state index in [1.807, 2.05) is 55.5 Å². The van der Waals surface area contributed by atoms with E-state index in [0.29, 0.717) is 22.1 Å². The summed E-state index contributed by atoms with van der Waals surface area (Å²) in [6, 6.07) is 15.1. The van der Waals surface area contributed by atoms with Crippen molar-refractivity contribution in [1.82, 2.24) is 10.1 Å². The Kier molecular flexibility index (Phi) is 5.07. The first-order chi connectivity index (χ1) is 13.5. The first kappa shape index (κ1) is 18.9. The molecule has 1 amide bonds. The summed E-state index contributed by atoms with van der Waals surface area (Å²) in [6.45, 7) is 3.53. The molecule has 0 saturated carbocycles. The highest BCUT2D eigenvalue weighted by Gasteiger charge is 2.45. The number of H-pyrrole nitrogens is 1. The van der Waals surface area contributed by atoms with Crippen LogP contribution in [0.1, 0.15) is 25.6 Å². The maximum Gasteiger partial charge on any atom is 0.325 e. The number of carbonyl (C=O) groups is 1. The number of aromatic nitrogens is 3. The Morgan fingerprint density at radius 1 is 1.25 bits per heavy atom. The van der Waals surface area contributed by atoms with Gasteiger partial charge in [0.1, 0.15) is 0 Å².